The zero-order valence-corrected chi connectivity index (χ0v) is 20.5. The van der Waals surface area contributed by atoms with E-state index >= 15 is 0 Å². The summed E-state index contributed by atoms with van der Waals surface area (Å²) in [6.45, 7) is 4.46. The highest BCUT2D eigenvalue weighted by Gasteiger charge is 2.21. The van der Waals surface area contributed by atoms with Crippen LogP contribution in [0.4, 0.5) is 11.4 Å². The van der Waals surface area contributed by atoms with Crippen LogP contribution < -0.4 is 14.9 Å². The van der Waals surface area contributed by atoms with Crippen LogP contribution >= 0.6 is 0 Å². The molecule has 1 saturated heterocycles. The van der Waals surface area contributed by atoms with Crippen LogP contribution in [-0.4, -0.2) is 52.7 Å². The average molecular weight is 514 g/mol. The molecule has 0 aliphatic carbocycles. The molecule has 190 valence electrons. The number of nitrogens with zero attached hydrogens (tertiary/aromatic N) is 1. The van der Waals surface area contributed by atoms with Gasteiger partial charge in [0.15, 0.2) is 6.10 Å². The topological polar surface area (TPSA) is 127 Å². The third-order valence-corrected chi connectivity index (χ3v) is 7.00. The number of esters is 1. The summed E-state index contributed by atoms with van der Waals surface area (Å²) in [5, 5.41) is 2.73. The van der Waals surface area contributed by atoms with Crippen LogP contribution in [0.5, 0.6) is 0 Å². The van der Waals surface area contributed by atoms with Crippen molar-refractivity contribution in [1.82, 2.24) is 4.72 Å². The van der Waals surface area contributed by atoms with Crippen LogP contribution in [-0.2, 0) is 30.8 Å². The van der Waals surface area contributed by atoms with Crippen LogP contribution in [0, 0.1) is 0 Å². The summed E-state index contributed by atoms with van der Waals surface area (Å²) in [6.07, 6.45) is 0.392. The molecule has 1 amide bonds. The van der Waals surface area contributed by atoms with Crippen LogP contribution in [0.15, 0.2) is 76.2 Å². The summed E-state index contributed by atoms with van der Waals surface area (Å²) in [6, 6.07) is 16.0. The number of ether oxygens (including phenoxy) is 2. The number of benzene rings is 2. The van der Waals surface area contributed by atoms with Crippen molar-refractivity contribution < 1.29 is 31.9 Å². The molecule has 2 N–H and O–H groups in total. The third kappa shape index (κ3) is 6.51. The highest BCUT2D eigenvalue weighted by molar-refractivity contribution is 7.89. The van der Waals surface area contributed by atoms with Crippen molar-refractivity contribution in [3.63, 3.8) is 0 Å². The van der Waals surface area contributed by atoms with Gasteiger partial charge in [-0.3, -0.25) is 4.79 Å². The second kappa shape index (κ2) is 11.4. The van der Waals surface area contributed by atoms with Gasteiger partial charge in [-0.25, -0.2) is 17.9 Å². The molecule has 11 heteroatoms. The van der Waals surface area contributed by atoms with Gasteiger partial charge in [0.2, 0.25) is 10.0 Å². The molecule has 1 atom stereocenters. The van der Waals surface area contributed by atoms with Gasteiger partial charge in [-0.1, -0.05) is 0 Å². The van der Waals surface area contributed by atoms with Gasteiger partial charge >= 0.3 is 5.97 Å². The van der Waals surface area contributed by atoms with E-state index < -0.39 is 28.0 Å². The van der Waals surface area contributed by atoms with Crippen LogP contribution in [0.2, 0.25) is 0 Å². The van der Waals surface area contributed by atoms with Crippen molar-refractivity contribution in [2.24, 2.45) is 0 Å². The Morgan fingerprint density at radius 1 is 1.03 bits per heavy atom. The Morgan fingerprint density at radius 3 is 2.36 bits per heavy atom. The first-order chi connectivity index (χ1) is 17.3. The maximum Gasteiger partial charge on any atom is 0.338 e. The van der Waals surface area contributed by atoms with E-state index in [4.69, 9.17) is 13.9 Å². The number of amides is 1. The molecule has 10 nitrogen and oxygen atoms in total. The Labute approximate surface area is 209 Å². The van der Waals surface area contributed by atoms with Crippen LogP contribution in [0.3, 0.4) is 0 Å². The number of morpholine rings is 1. The monoisotopic (exact) mass is 513 g/mol. The van der Waals surface area contributed by atoms with Crippen LogP contribution in [0.1, 0.15) is 23.0 Å². The maximum absolute atomic E-state index is 12.5. The molecule has 1 unspecified atom stereocenters. The highest BCUT2D eigenvalue weighted by atomic mass is 32.2. The van der Waals surface area contributed by atoms with Gasteiger partial charge in [-0.15, -0.1) is 0 Å². The molecule has 0 bridgehead atoms. The van der Waals surface area contributed by atoms with Crippen molar-refractivity contribution >= 4 is 33.3 Å². The van der Waals surface area contributed by atoms with Gasteiger partial charge in [-0.05, 0) is 67.6 Å². The van der Waals surface area contributed by atoms with Gasteiger partial charge in [-0.2, -0.15) is 0 Å². The minimum atomic E-state index is -3.80. The number of nitrogens with one attached hydrogen (secondary N) is 2. The Balaban J connectivity index is 1.29. The number of anilines is 2. The van der Waals surface area contributed by atoms with Gasteiger partial charge in [0, 0.05) is 24.5 Å². The molecule has 0 radical (unpaired) electrons. The highest BCUT2D eigenvalue weighted by Crippen LogP contribution is 2.19. The van der Waals surface area contributed by atoms with E-state index in [-0.39, 0.29) is 17.0 Å². The van der Waals surface area contributed by atoms with Crippen LogP contribution in [0.25, 0.3) is 0 Å². The number of carbonyl (C=O) groups is 2. The molecule has 2 aromatic carbocycles. The Kier molecular flexibility index (Phi) is 8.04. The molecule has 2 heterocycles. The van der Waals surface area contributed by atoms with E-state index in [1.165, 1.54) is 37.5 Å². The van der Waals surface area contributed by atoms with Crippen molar-refractivity contribution in [3.05, 3.63) is 78.3 Å². The Hall–Kier alpha value is -3.67. The average Bonchev–Trinajstić information content (AvgIpc) is 3.42. The van der Waals surface area contributed by atoms with Gasteiger partial charge in [0.1, 0.15) is 5.76 Å². The number of sulfonamides is 1. The minimum absolute atomic E-state index is 0.00168. The van der Waals surface area contributed by atoms with E-state index in [1.54, 1.807) is 24.3 Å². The Morgan fingerprint density at radius 2 is 1.72 bits per heavy atom. The first-order valence-electron chi connectivity index (χ1n) is 11.4. The quantitative estimate of drug-likeness (QED) is 0.418. The molecule has 1 aromatic heterocycles. The molecule has 0 saturated carbocycles. The van der Waals surface area contributed by atoms with Crippen molar-refractivity contribution in [2.45, 2.75) is 24.5 Å². The lowest BCUT2D eigenvalue weighted by Gasteiger charge is -2.28. The molecule has 1 aliphatic rings. The van der Waals surface area contributed by atoms with E-state index in [0.717, 1.165) is 18.8 Å². The number of hydrogen-bond donors (Lipinski definition) is 2. The number of furan rings is 1. The fourth-order valence-corrected chi connectivity index (χ4v) is 4.53. The fourth-order valence-electron chi connectivity index (χ4n) is 3.54. The standard InChI is InChI=1S/C25H27N3O7S/c1-18(24(29)27-20-6-8-21(9-7-20)28-12-15-33-16-13-28)35-25(30)19-4-10-23(11-5-19)36(31,32)26-17-22-3-2-14-34-22/h2-11,14,18,26H,12-13,15-17H2,1H3,(H,27,29). The molecule has 36 heavy (non-hydrogen) atoms. The van der Waals surface area contributed by atoms with Crippen molar-refractivity contribution in [1.29, 1.82) is 0 Å². The van der Waals surface area contributed by atoms with Gasteiger partial charge in [0.05, 0.1) is 36.5 Å². The largest absolute Gasteiger partial charge is 0.468 e. The predicted octanol–water partition coefficient (Wildman–Crippen LogP) is 2.78. The van der Waals surface area contributed by atoms with E-state index in [1.807, 2.05) is 12.1 Å². The smallest absolute Gasteiger partial charge is 0.338 e. The third-order valence-electron chi connectivity index (χ3n) is 5.58. The number of carbonyl (C=O) groups excluding carboxylic acids is 2. The molecule has 0 spiro atoms. The fraction of sp³-hybridized carbons (Fsp3) is 0.280. The zero-order chi connectivity index (χ0) is 25.5. The molecule has 1 fully saturated rings. The van der Waals surface area contributed by atoms with Crippen molar-refractivity contribution in [2.75, 3.05) is 36.5 Å². The minimum Gasteiger partial charge on any atom is -0.468 e. The first-order valence-corrected chi connectivity index (χ1v) is 12.9. The lowest BCUT2D eigenvalue weighted by atomic mass is 10.2. The number of rotatable bonds is 9. The second-order valence-corrected chi connectivity index (χ2v) is 9.88. The summed E-state index contributed by atoms with van der Waals surface area (Å²) in [4.78, 5) is 27.2. The molecule has 3 aromatic rings. The summed E-state index contributed by atoms with van der Waals surface area (Å²) in [5.41, 5.74) is 1.74. The van der Waals surface area contributed by atoms with Gasteiger partial charge in [0.25, 0.3) is 5.91 Å². The molecule has 1 aliphatic heterocycles. The summed E-state index contributed by atoms with van der Waals surface area (Å²) in [7, 11) is -3.80. The summed E-state index contributed by atoms with van der Waals surface area (Å²) >= 11 is 0. The SMILES string of the molecule is CC(OC(=O)c1ccc(S(=O)(=O)NCc2ccco2)cc1)C(=O)Nc1ccc(N2CCOCC2)cc1. The second-order valence-electron chi connectivity index (χ2n) is 8.11. The number of hydrogen-bond acceptors (Lipinski definition) is 8. The molecular weight excluding hydrogens is 486 g/mol. The summed E-state index contributed by atoms with van der Waals surface area (Å²) < 4.78 is 43.0. The van der Waals surface area contributed by atoms with Gasteiger partial charge < -0.3 is 24.1 Å². The lowest BCUT2D eigenvalue weighted by molar-refractivity contribution is -0.123. The lowest BCUT2D eigenvalue weighted by Crippen LogP contribution is -2.36. The van der Waals surface area contributed by atoms with E-state index in [0.29, 0.717) is 24.7 Å². The first kappa shape index (κ1) is 25.4. The van der Waals surface area contributed by atoms with Crippen molar-refractivity contribution in [3.8, 4) is 0 Å². The molecular formula is C25H27N3O7S. The van der Waals surface area contributed by atoms with E-state index in [2.05, 4.69) is 14.9 Å². The molecule has 4 rings (SSSR count). The summed E-state index contributed by atoms with van der Waals surface area (Å²) in [5.74, 6) is -0.754. The normalized spacial score (nSPS) is 14.8. The van der Waals surface area contributed by atoms with E-state index in [9.17, 15) is 18.0 Å². The maximum atomic E-state index is 12.5. The predicted molar refractivity (Wildman–Crippen MR) is 132 cm³/mol. The zero-order valence-electron chi connectivity index (χ0n) is 19.7. The Bertz CT molecular complexity index is 1270.